The van der Waals surface area contributed by atoms with Gasteiger partial charge in [-0.25, -0.2) is 9.48 Å². The molecule has 6 nitrogen and oxygen atoms in total. The molecule has 0 amide bonds. The van der Waals surface area contributed by atoms with Gasteiger partial charge in [-0.05, 0) is 38.1 Å². The fraction of sp³-hybridized carbons (Fsp3) is 0.176. The Morgan fingerprint density at radius 3 is 2.35 bits per heavy atom. The van der Waals surface area contributed by atoms with Gasteiger partial charge in [0.25, 0.3) is 0 Å². The first-order valence-corrected chi connectivity index (χ1v) is 7.48. The van der Waals surface area contributed by atoms with E-state index in [0.29, 0.717) is 22.8 Å². The number of carboxylic acid groups (broad SMARTS) is 1. The number of rotatable bonds is 3. The molecule has 0 saturated carbocycles. The summed E-state index contributed by atoms with van der Waals surface area (Å²) in [6.45, 7) is 3.47. The second-order valence-electron chi connectivity index (χ2n) is 5.62. The second kappa shape index (κ2) is 6.25. The topological polar surface area (TPSA) is 80.9 Å². The molecular weight excluding hydrogens is 349 g/mol. The van der Waals surface area contributed by atoms with E-state index in [-0.39, 0.29) is 11.4 Å². The van der Waals surface area contributed by atoms with Crippen LogP contribution in [0.4, 0.5) is 13.2 Å². The lowest BCUT2D eigenvalue weighted by Crippen LogP contribution is -2.07. The predicted octanol–water partition coefficient (Wildman–Crippen LogP) is 3.66. The molecule has 1 aromatic carbocycles. The van der Waals surface area contributed by atoms with Crippen LogP contribution in [0.5, 0.6) is 0 Å². The first-order chi connectivity index (χ1) is 12.2. The number of alkyl halides is 3. The van der Waals surface area contributed by atoms with Crippen molar-refractivity contribution in [3.8, 4) is 17.1 Å². The highest BCUT2D eigenvalue weighted by atomic mass is 19.4. The van der Waals surface area contributed by atoms with Crippen LogP contribution < -0.4 is 0 Å². The van der Waals surface area contributed by atoms with Crippen LogP contribution in [0.1, 0.15) is 27.4 Å². The summed E-state index contributed by atoms with van der Waals surface area (Å²) >= 11 is 0. The number of aryl methyl sites for hydroxylation is 2. The summed E-state index contributed by atoms with van der Waals surface area (Å²) in [6.07, 6.45) is -2.94. The number of hydrogen-bond donors (Lipinski definition) is 1. The predicted molar refractivity (Wildman–Crippen MR) is 86.0 cm³/mol. The van der Waals surface area contributed by atoms with Crippen molar-refractivity contribution >= 4 is 5.97 Å². The highest BCUT2D eigenvalue weighted by Gasteiger charge is 2.30. The molecule has 1 N–H and O–H groups in total. The van der Waals surface area contributed by atoms with Crippen LogP contribution in [0.15, 0.2) is 36.5 Å². The van der Waals surface area contributed by atoms with Crippen LogP contribution in [-0.4, -0.2) is 30.8 Å². The smallest absolute Gasteiger partial charge is 0.416 e. The molecule has 0 radical (unpaired) electrons. The third kappa shape index (κ3) is 3.28. The Labute approximate surface area is 146 Å². The Morgan fingerprint density at radius 1 is 1.15 bits per heavy atom. The minimum absolute atomic E-state index is 0.248. The van der Waals surface area contributed by atoms with Gasteiger partial charge in [-0.1, -0.05) is 0 Å². The zero-order chi connectivity index (χ0) is 19.1. The third-order valence-electron chi connectivity index (χ3n) is 3.68. The Morgan fingerprint density at radius 2 is 1.81 bits per heavy atom. The molecular formula is C17H13F3N4O2. The Kier molecular flexibility index (Phi) is 4.23. The van der Waals surface area contributed by atoms with Crippen LogP contribution >= 0.6 is 0 Å². The van der Waals surface area contributed by atoms with Crippen LogP contribution in [0.25, 0.3) is 17.1 Å². The van der Waals surface area contributed by atoms with Gasteiger partial charge in [0.2, 0.25) is 0 Å². The number of aromatic nitrogens is 4. The molecule has 0 atom stereocenters. The molecule has 2 heterocycles. The van der Waals surface area contributed by atoms with Crippen LogP contribution in [0.2, 0.25) is 0 Å². The Hall–Kier alpha value is -3.23. The standard InChI is InChI=1S/C17H13F3N4O2/c1-9-8-21-15(10(2)22-9)14-7-13(16(25)26)23-24(14)12-5-3-11(4-6-12)17(18,19)20/h3-8H,1-2H3,(H,25,26). The van der Waals surface area contributed by atoms with Crippen LogP contribution in [-0.2, 0) is 6.18 Å². The third-order valence-corrected chi connectivity index (χ3v) is 3.68. The molecule has 0 saturated heterocycles. The van der Waals surface area contributed by atoms with Gasteiger partial charge >= 0.3 is 12.1 Å². The van der Waals surface area contributed by atoms with E-state index >= 15 is 0 Å². The number of aromatic carboxylic acids is 1. The Balaban J connectivity index is 2.16. The van der Waals surface area contributed by atoms with Gasteiger partial charge in [0.15, 0.2) is 5.69 Å². The minimum atomic E-state index is -4.46. The quantitative estimate of drug-likeness (QED) is 0.769. The lowest BCUT2D eigenvalue weighted by molar-refractivity contribution is -0.137. The summed E-state index contributed by atoms with van der Waals surface area (Å²) in [5.41, 5.74) is 1.19. The minimum Gasteiger partial charge on any atom is -0.476 e. The highest BCUT2D eigenvalue weighted by molar-refractivity contribution is 5.87. The highest BCUT2D eigenvalue weighted by Crippen LogP contribution is 2.31. The molecule has 3 rings (SSSR count). The SMILES string of the molecule is Cc1cnc(-c2cc(C(=O)O)nn2-c2ccc(C(F)(F)F)cc2)c(C)n1. The average Bonchev–Trinajstić information content (AvgIpc) is 2.99. The lowest BCUT2D eigenvalue weighted by atomic mass is 10.2. The van der Waals surface area contributed by atoms with Crippen molar-refractivity contribution in [1.29, 1.82) is 0 Å². The number of hydrogen-bond acceptors (Lipinski definition) is 4. The van der Waals surface area contributed by atoms with E-state index in [0.717, 1.165) is 12.1 Å². The first-order valence-electron chi connectivity index (χ1n) is 7.48. The molecule has 0 bridgehead atoms. The number of carbonyl (C=O) groups is 1. The number of halogens is 3. The molecule has 0 fully saturated rings. The van der Waals surface area contributed by atoms with E-state index in [9.17, 15) is 23.1 Å². The molecule has 0 aliphatic heterocycles. The maximum absolute atomic E-state index is 12.7. The van der Waals surface area contributed by atoms with Gasteiger partial charge in [0.1, 0.15) is 5.69 Å². The van der Waals surface area contributed by atoms with Crippen molar-refractivity contribution in [2.75, 3.05) is 0 Å². The van der Waals surface area contributed by atoms with E-state index < -0.39 is 17.7 Å². The van der Waals surface area contributed by atoms with Gasteiger partial charge < -0.3 is 5.11 Å². The van der Waals surface area contributed by atoms with Crippen molar-refractivity contribution in [1.82, 2.24) is 19.7 Å². The van der Waals surface area contributed by atoms with Gasteiger partial charge in [0, 0.05) is 12.3 Å². The van der Waals surface area contributed by atoms with Gasteiger partial charge in [-0.2, -0.15) is 18.3 Å². The van der Waals surface area contributed by atoms with Crippen molar-refractivity contribution < 1.29 is 23.1 Å². The molecule has 26 heavy (non-hydrogen) atoms. The van der Waals surface area contributed by atoms with E-state index in [1.54, 1.807) is 13.8 Å². The summed E-state index contributed by atoms with van der Waals surface area (Å²) in [6, 6.07) is 5.58. The van der Waals surface area contributed by atoms with Crippen molar-refractivity contribution in [3.05, 3.63) is 59.2 Å². The van der Waals surface area contributed by atoms with Crippen molar-refractivity contribution in [3.63, 3.8) is 0 Å². The first kappa shape index (κ1) is 17.6. The van der Waals surface area contributed by atoms with Crippen molar-refractivity contribution in [2.45, 2.75) is 20.0 Å². The number of benzene rings is 1. The van der Waals surface area contributed by atoms with E-state index in [2.05, 4.69) is 15.1 Å². The van der Waals surface area contributed by atoms with E-state index in [1.165, 1.54) is 29.1 Å². The maximum atomic E-state index is 12.7. The average molecular weight is 362 g/mol. The maximum Gasteiger partial charge on any atom is 0.416 e. The molecule has 134 valence electrons. The number of nitrogens with zero attached hydrogens (tertiary/aromatic N) is 4. The molecule has 0 unspecified atom stereocenters. The molecule has 0 spiro atoms. The second-order valence-corrected chi connectivity index (χ2v) is 5.62. The van der Waals surface area contributed by atoms with E-state index in [1.807, 2.05) is 0 Å². The van der Waals surface area contributed by atoms with Crippen molar-refractivity contribution in [2.24, 2.45) is 0 Å². The summed E-state index contributed by atoms with van der Waals surface area (Å²) in [5, 5.41) is 13.2. The van der Waals surface area contributed by atoms with Crippen LogP contribution in [0, 0.1) is 13.8 Å². The summed E-state index contributed by atoms with van der Waals surface area (Å²) in [5.74, 6) is -1.25. The fourth-order valence-electron chi connectivity index (χ4n) is 2.49. The number of carboxylic acids is 1. The molecule has 9 heteroatoms. The summed E-state index contributed by atoms with van der Waals surface area (Å²) in [4.78, 5) is 19.8. The Bertz CT molecular complexity index is 979. The summed E-state index contributed by atoms with van der Waals surface area (Å²) < 4.78 is 39.5. The normalized spacial score (nSPS) is 11.6. The van der Waals surface area contributed by atoms with E-state index in [4.69, 9.17) is 0 Å². The molecule has 3 aromatic rings. The zero-order valence-corrected chi connectivity index (χ0v) is 13.7. The lowest BCUT2D eigenvalue weighted by Gasteiger charge is -2.11. The van der Waals surface area contributed by atoms with Gasteiger partial charge in [-0.15, -0.1) is 0 Å². The molecule has 0 aliphatic rings. The zero-order valence-electron chi connectivity index (χ0n) is 13.7. The summed E-state index contributed by atoms with van der Waals surface area (Å²) in [7, 11) is 0. The molecule has 2 aromatic heterocycles. The van der Waals surface area contributed by atoms with Crippen LogP contribution in [0.3, 0.4) is 0 Å². The van der Waals surface area contributed by atoms with Gasteiger partial charge in [0.05, 0.1) is 28.3 Å². The molecule has 0 aliphatic carbocycles. The van der Waals surface area contributed by atoms with Gasteiger partial charge in [-0.3, -0.25) is 9.97 Å². The fourth-order valence-corrected chi connectivity index (χ4v) is 2.49. The largest absolute Gasteiger partial charge is 0.476 e. The monoisotopic (exact) mass is 362 g/mol.